The molecule has 90 valence electrons. The van der Waals surface area contributed by atoms with Crippen LogP contribution in [0.4, 0.5) is 0 Å². The zero-order valence-corrected chi connectivity index (χ0v) is 12.3. The van der Waals surface area contributed by atoms with E-state index in [4.69, 9.17) is 0 Å². The summed E-state index contributed by atoms with van der Waals surface area (Å²) in [6.45, 7) is 2.32. The summed E-state index contributed by atoms with van der Waals surface area (Å²) in [6.07, 6.45) is 1.28. The number of hydrogen-bond donors (Lipinski definition) is 1. The molecule has 0 aromatic carbocycles. The largest absolute Gasteiger partial charge is 0.312 e. The minimum Gasteiger partial charge on any atom is -0.312 e. The zero-order valence-electron chi connectivity index (χ0n) is 9.81. The second kappa shape index (κ2) is 6.34. The SMILES string of the molecule is CCC1SCCSC1C(NC)c1ccsc1. The number of thiophene rings is 1. The molecule has 16 heavy (non-hydrogen) atoms. The highest BCUT2D eigenvalue weighted by molar-refractivity contribution is 8.07. The van der Waals surface area contributed by atoms with Gasteiger partial charge in [0.15, 0.2) is 0 Å². The van der Waals surface area contributed by atoms with Gasteiger partial charge in [-0.15, -0.1) is 0 Å². The quantitative estimate of drug-likeness (QED) is 0.899. The fraction of sp³-hybridized carbons (Fsp3) is 0.667. The Morgan fingerprint density at radius 2 is 2.25 bits per heavy atom. The van der Waals surface area contributed by atoms with Gasteiger partial charge in [0.2, 0.25) is 0 Å². The van der Waals surface area contributed by atoms with Crippen molar-refractivity contribution >= 4 is 34.9 Å². The van der Waals surface area contributed by atoms with Crippen LogP contribution in [0.3, 0.4) is 0 Å². The highest BCUT2D eigenvalue weighted by atomic mass is 32.2. The van der Waals surface area contributed by atoms with Crippen LogP contribution < -0.4 is 5.32 Å². The van der Waals surface area contributed by atoms with Gasteiger partial charge < -0.3 is 5.32 Å². The third-order valence-electron chi connectivity index (χ3n) is 3.04. The predicted molar refractivity (Wildman–Crippen MR) is 78.9 cm³/mol. The molecule has 1 nitrogen and oxygen atoms in total. The highest BCUT2D eigenvalue weighted by Crippen LogP contribution is 2.40. The summed E-state index contributed by atoms with van der Waals surface area (Å²) in [4.78, 5) is 0. The topological polar surface area (TPSA) is 12.0 Å². The van der Waals surface area contributed by atoms with E-state index in [-0.39, 0.29) is 0 Å². The highest BCUT2D eigenvalue weighted by Gasteiger charge is 2.32. The van der Waals surface area contributed by atoms with E-state index in [9.17, 15) is 0 Å². The van der Waals surface area contributed by atoms with Gasteiger partial charge >= 0.3 is 0 Å². The monoisotopic (exact) mass is 273 g/mol. The van der Waals surface area contributed by atoms with Gasteiger partial charge in [-0.25, -0.2) is 0 Å². The van der Waals surface area contributed by atoms with Gasteiger partial charge in [0.05, 0.1) is 0 Å². The Morgan fingerprint density at radius 1 is 1.44 bits per heavy atom. The summed E-state index contributed by atoms with van der Waals surface area (Å²) in [5.41, 5.74) is 1.46. The summed E-state index contributed by atoms with van der Waals surface area (Å²) >= 11 is 6.10. The lowest BCUT2D eigenvalue weighted by Crippen LogP contribution is -2.37. The van der Waals surface area contributed by atoms with E-state index in [1.54, 1.807) is 11.3 Å². The summed E-state index contributed by atoms with van der Waals surface area (Å²) < 4.78 is 0. The van der Waals surface area contributed by atoms with Crippen molar-refractivity contribution in [3.8, 4) is 0 Å². The zero-order chi connectivity index (χ0) is 11.4. The van der Waals surface area contributed by atoms with Gasteiger partial charge in [-0.1, -0.05) is 6.92 Å². The molecule has 2 heterocycles. The van der Waals surface area contributed by atoms with Crippen molar-refractivity contribution < 1.29 is 0 Å². The van der Waals surface area contributed by atoms with Gasteiger partial charge in [0, 0.05) is 28.0 Å². The molecule has 0 aliphatic carbocycles. The van der Waals surface area contributed by atoms with Crippen molar-refractivity contribution in [3.63, 3.8) is 0 Å². The van der Waals surface area contributed by atoms with Crippen LogP contribution in [0.5, 0.6) is 0 Å². The molecule has 1 aromatic heterocycles. The lowest BCUT2D eigenvalue weighted by atomic mass is 10.0. The van der Waals surface area contributed by atoms with Crippen molar-refractivity contribution in [1.29, 1.82) is 0 Å². The van der Waals surface area contributed by atoms with Crippen LogP contribution >= 0.6 is 34.9 Å². The molecule has 0 radical (unpaired) electrons. The van der Waals surface area contributed by atoms with E-state index in [2.05, 4.69) is 59.6 Å². The molecule has 4 heteroatoms. The lowest BCUT2D eigenvalue weighted by molar-refractivity contribution is 0.545. The van der Waals surface area contributed by atoms with Crippen LogP contribution in [-0.2, 0) is 0 Å². The van der Waals surface area contributed by atoms with E-state index >= 15 is 0 Å². The number of hydrogen-bond acceptors (Lipinski definition) is 4. The molecular formula is C12H19NS3. The van der Waals surface area contributed by atoms with Crippen molar-refractivity contribution in [1.82, 2.24) is 5.32 Å². The Morgan fingerprint density at radius 3 is 2.88 bits per heavy atom. The molecule has 1 N–H and O–H groups in total. The Labute approximate surface area is 111 Å². The number of nitrogens with one attached hydrogen (secondary N) is 1. The molecule has 3 unspecified atom stereocenters. The van der Waals surface area contributed by atoms with Gasteiger partial charge in [0.1, 0.15) is 0 Å². The van der Waals surface area contributed by atoms with Gasteiger partial charge in [-0.05, 0) is 35.9 Å². The Hall–Kier alpha value is 0.360. The molecule has 1 aliphatic heterocycles. The molecule has 0 amide bonds. The summed E-state index contributed by atoms with van der Waals surface area (Å²) in [7, 11) is 2.09. The Kier molecular flexibility index (Phi) is 5.07. The van der Waals surface area contributed by atoms with Crippen LogP contribution in [-0.4, -0.2) is 29.1 Å². The van der Waals surface area contributed by atoms with Crippen molar-refractivity contribution in [2.75, 3.05) is 18.6 Å². The molecule has 0 spiro atoms. The molecule has 0 bridgehead atoms. The van der Waals surface area contributed by atoms with Gasteiger partial charge in [0.25, 0.3) is 0 Å². The molecule has 1 aliphatic rings. The lowest BCUT2D eigenvalue weighted by Gasteiger charge is -2.35. The maximum atomic E-state index is 3.51. The van der Waals surface area contributed by atoms with Crippen molar-refractivity contribution in [2.24, 2.45) is 0 Å². The first-order valence-electron chi connectivity index (χ1n) is 5.79. The van der Waals surface area contributed by atoms with Crippen LogP contribution in [0.25, 0.3) is 0 Å². The summed E-state index contributed by atoms with van der Waals surface area (Å²) in [5, 5.41) is 9.51. The van der Waals surface area contributed by atoms with E-state index in [1.807, 2.05) is 0 Å². The Balaban J connectivity index is 2.13. The fourth-order valence-electron chi connectivity index (χ4n) is 2.22. The van der Waals surface area contributed by atoms with Crippen LogP contribution in [0, 0.1) is 0 Å². The molecular weight excluding hydrogens is 254 g/mol. The standard InChI is InChI=1S/C12H19NS3/c1-3-10-12(16-7-6-15-10)11(13-2)9-4-5-14-8-9/h4-5,8,10-13H,3,6-7H2,1-2H3. The molecule has 1 saturated heterocycles. The average molecular weight is 273 g/mol. The number of rotatable bonds is 4. The smallest absolute Gasteiger partial charge is 0.0457 e. The first kappa shape index (κ1) is 12.8. The van der Waals surface area contributed by atoms with E-state index in [1.165, 1.54) is 23.5 Å². The molecule has 1 fully saturated rings. The fourth-order valence-corrected chi connectivity index (χ4v) is 6.21. The summed E-state index contributed by atoms with van der Waals surface area (Å²) in [5.74, 6) is 2.62. The molecule has 1 aromatic rings. The molecule has 0 saturated carbocycles. The maximum absolute atomic E-state index is 3.51. The Bertz CT molecular complexity index is 299. The van der Waals surface area contributed by atoms with Crippen LogP contribution in [0.1, 0.15) is 24.9 Å². The predicted octanol–water partition coefficient (Wildman–Crippen LogP) is 3.64. The van der Waals surface area contributed by atoms with Crippen molar-refractivity contribution in [3.05, 3.63) is 22.4 Å². The van der Waals surface area contributed by atoms with Crippen LogP contribution in [0.15, 0.2) is 16.8 Å². The van der Waals surface area contributed by atoms with E-state index in [0.29, 0.717) is 6.04 Å². The van der Waals surface area contributed by atoms with E-state index < -0.39 is 0 Å². The third-order valence-corrected chi connectivity index (χ3v) is 7.09. The minimum absolute atomic E-state index is 0.522. The van der Waals surface area contributed by atoms with Crippen molar-refractivity contribution in [2.45, 2.75) is 29.9 Å². The second-order valence-electron chi connectivity index (χ2n) is 3.98. The molecule has 3 atom stereocenters. The molecule has 2 rings (SSSR count). The van der Waals surface area contributed by atoms with Crippen LogP contribution in [0.2, 0.25) is 0 Å². The first-order valence-corrected chi connectivity index (χ1v) is 8.83. The van der Waals surface area contributed by atoms with Gasteiger partial charge in [-0.3, -0.25) is 0 Å². The minimum atomic E-state index is 0.522. The van der Waals surface area contributed by atoms with Gasteiger partial charge in [-0.2, -0.15) is 34.9 Å². The summed E-state index contributed by atoms with van der Waals surface area (Å²) in [6, 6.07) is 2.78. The number of thioether (sulfide) groups is 2. The first-order chi connectivity index (χ1) is 7.86. The third kappa shape index (κ3) is 2.78. The maximum Gasteiger partial charge on any atom is 0.0457 e. The normalized spacial score (nSPS) is 27.9. The average Bonchev–Trinajstić information content (AvgIpc) is 2.84. The second-order valence-corrected chi connectivity index (χ2v) is 7.39. The van der Waals surface area contributed by atoms with E-state index in [0.717, 1.165) is 10.5 Å².